The van der Waals surface area contributed by atoms with Crippen molar-refractivity contribution in [3.8, 4) is 0 Å². The van der Waals surface area contributed by atoms with Crippen LogP contribution < -0.4 is 0 Å². The molecule has 1 aromatic rings. The second-order valence-electron chi connectivity index (χ2n) is 5.44. The van der Waals surface area contributed by atoms with Gasteiger partial charge in [0.1, 0.15) is 6.61 Å². The summed E-state index contributed by atoms with van der Waals surface area (Å²) < 4.78 is 5.75. The van der Waals surface area contributed by atoms with Gasteiger partial charge in [-0.2, -0.15) is 5.06 Å². The molecule has 19 heavy (non-hydrogen) atoms. The van der Waals surface area contributed by atoms with Gasteiger partial charge in [0, 0.05) is 0 Å². The van der Waals surface area contributed by atoms with Crippen LogP contribution >= 0.6 is 0 Å². The van der Waals surface area contributed by atoms with E-state index in [0.29, 0.717) is 6.61 Å². The molecule has 1 aromatic carbocycles. The van der Waals surface area contributed by atoms with Crippen molar-refractivity contribution in [1.82, 2.24) is 5.06 Å². The van der Waals surface area contributed by atoms with Gasteiger partial charge in [0.25, 0.3) is 5.91 Å². The van der Waals surface area contributed by atoms with Gasteiger partial charge in [-0.3, -0.25) is 9.63 Å². The molecule has 2 aliphatic heterocycles. The van der Waals surface area contributed by atoms with E-state index in [1.54, 1.807) is 0 Å². The molecule has 0 radical (unpaired) electrons. The van der Waals surface area contributed by atoms with Gasteiger partial charge >= 0.3 is 0 Å². The Hall–Kier alpha value is -1.65. The molecular formula is C15H17NO3. The van der Waals surface area contributed by atoms with Gasteiger partial charge in [-0.1, -0.05) is 36.4 Å². The van der Waals surface area contributed by atoms with Crippen LogP contribution in [-0.4, -0.2) is 23.3 Å². The third-order valence-electron chi connectivity index (χ3n) is 3.64. The minimum atomic E-state index is -0.583. The number of benzene rings is 1. The van der Waals surface area contributed by atoms with Crippen LogP contribution in [0.2, 0.25) is 0 Å². The molecule has 0 saturated carbocycles. The highest BCUT2D eigenvalue weighted by molar-refractivity contribution is 5.83. The first-order valence-corrected chi connectivity index (χ1v) is 6.43. The lowest BCUT2D eigenvalue weighted by Gasteiger charge is -2.41. The number of carbonyl (C=O) groups excluding carboxylic acids is 1. The van der Waals surface area contributed by atoms with Crippen LogP contribution in [0.5, 0.6) is 0 Å². The second kappa shape index (κ2) is 4.47. The molecule has 0 aliphatic carbocycles. The molecular weight excluding hydrogens is 242 g/mol. The molecule has 1 amide bonds. The van der Waals surface area contributed by atoms with Crippen molar-refractivity contribution in [2.24, 2.45) is 5.41 Å². The maximum absolute atomic E-state index is 12.4. The number of hydrogen-bond acceptors (Lipinski definition) is 3. The summed E-state index contributed by atoms with van der Waals surface area (Å²) in [6.07, 6.45) is 3.27. The zero-order valence-electron chi connectivity index (χ0n) is 11.1. The van der Waals surface area contributed by atoms with Crippen LogP contribution in [0.15, 0.2) is 42.5 Å². The molecule has 4 nitrogen and oxygen atoms in total. The monoisotopic (exact) mass is 259 g/mol. The Kier molecular flexibility index (Phi) is 2.92. The largest absolute Gasteiger partial charge is 0.344 e. The summed E-state index contributed by atoms with van der Waals surface area (Å²) in [5, 5.41) is 1.35. The fraction of sp³-hybridized carbons (Fsp3) is 0.400. The van der Waals surface area contributed by atoms with Crippen molar-refractivity contribution < 1.29 is 14.4 Å². The Morgan fingerprint density at radius 3 is 2.74 bits per heavy atom. The van der Waals surface area contributed by atoms with Crippen molar-refractivity contribution in [1.29, 1.82) is 0 Å². The van der Waals surface area contributed by atoms with E-state index in [-0.39, 0.29) is 12.0 Å². The molecule has 2 bridgehead atoms. The number of hydrogen-bond donors (Lipinski definition) is 0. The van der Waals surface area contributed by atoms with Gasteiger partial charge in [0.2, 0.25) is 0 Å². The summed E-state index contributed by atoms with van der Waals surface area (Å²) >= 11 is 0. The van der Waals surface area contributed by atoms with Crippen molar-refractivity contribution in [2.75, 3.05) is 0 Å². The van der Waals surface area contributed by atoms with E-state index in [0.717, 1.165) is 5.56 Å². The molecule has 3 rings (SSSR count). The van der Waals surface area contributed by atoms with Crippen LogP contribution in [0.25, 0.3) is 0 Å². The number of nitrogens with zero attached hydrogens (tertiary/aromatic N) is 1. The zero-order valence-corrected chi connectivity index (χ0v) is 11.1. The van der Waals surface area contributed by atoms with Gasteiger partial charge in [0.05, 0.1) is 11.5 Å². The Labute approximate surface area is 112 Å². The molecule has 100 valence electrons. The van der Waals surface area contributed by atoms with Crippen molar-refractivity contribution in [3.05, 3.63) is 48.0 Å². The van der Waals surface area contributed by atoms with Crippen molar-refractivity contribution in [2.45, 2.75) is 32.8 Å². The highest BCUT2D eigenvalue weighted by Gasteiger charge is 2.50. The number of rotatable bonds is 3. The molecule has 0 aromatic heterocycles. The lowest BCUT2D eigenvalue weighted by molar-refractivity contribution is -0.273. The number of carbonyl (C=O) groups is 1. The third-order valence-corrected chi connectivity index (χ3v) is 3.64. The second-order valence-corrected chi connectivity index (χ2v) is 5.44. The van der Waals surface area contributed by atoms with Crippen molar-refractivity contribution in [3.63, 3.8) is 0 Å². The molecule has 0 N–H and O–H groups in total. The fourth-order valence-corrected chi connectivity index (χ4v) is 2.35. The zero-order chi connectivity index (χ0) is 13.5. The van der Waals surface area contributed by atoms with Crippen molar-refractivity contribution >= 4 is 5.91 Å². The topological polar surface area (TPSA) is 38.8 Å². The van der Waals surface area contributed by atoms with Gasteiger partial charge in [-0.25, -0.2) is 0 Å². The summed E-state index contributed by atoms with van der Waals surface area (Å²) in [5.41, 5.74) is 0.442. The smallest absolute Gasteiger partial charge is 0.257 e. The lowest BCUT2D eigenvalue weighted by atomic mass is 9.85. The van der Waals surface area contributed by atoms with E-state index >= 15 is 0 Å². The number of hydroxylamine groups is 2. The lowest BCUT2D eigenvalue weighted by Crippen LogP contribution is -2.55. The quantitative estimate of drug-likeness (QED) is 0.782. The average Bonchev–Trinajstić information content (AvgIpc) is 2.87. The Balaban J connectivity index is 1.74. The predicted octanol–water partition coefficient (Wildman–Crippen LogP) is 2.27. The van der Waals surface area contributed by atoms with E-state index in [9.17, 15) is 4.79 Å². The summed E-state index contributed by atoms with van der Waals surface area (Å²) in [6, 6.07) is 9.78. The number of ether oxygens (including phenoxy) is 1. The van der Waals surface area contributed by atoms with Crippen LogP contribution in [0.1, 0.15) is 19.4 Å². The van der Waals surface area contributed by atoms with Gasteiger partial charge in [-0.15, -0.1) is 0 Å². The molecule has 0 spiro atoms. The highest BCUT2D eigenvalue weighted by atomic mass is 16.7. The average molecular weight is 259 g/mol. The Morgan fingerprint density at radius 2 is 2.00 bits per heavy atom. The van der Waals surface area contributed by atoms with Crippen LogP contribution in [0.4, 0.5) is 0 Å². The fourth-order valence-electron chi connectivity index (χ4n) is 2.35. The molecule has 2 unspecified atom stereocenters. The van der Waals surface area contributed by atoms with E-state index < -0.39 is 11.6 Å². The normalized spacial score (nSPS) is 27.9. The molecule has 1 saturated heterocycles. The van der Waals surface area contributed by atoms with E-state index in [1.807, 2.05) is 56.3 Å². The Morgan fingerprint density at radius 1 is 1.26 bits per heavy atom. The van der Waals surface area contributed by atoms with Crippen LogP contribution in [0.3, 0.4) is 0 Å². The third kappa shape index (κ3) is 2.07. The maximum Gasteiger partial charge on any atom is 0.257 e. The summed E-state index contributed by atoms with van der Waals surface area (Å²) in [7, 11) is 0. The summed E-state index contributed by atoms with van der Waals surface area (Å²) in [6.45, 7) is 4.12. The first-order valence-electron chi connectivity index (χ1n) is 6.43. The first-order chi connectivity index (χ1) is 9.09. The molecule has 2 heterocycles. The van der Waals surface area contributed by atoms with Gasteiger partial charge < -0.3 is 4.74 Å². The minimum Gasteiger partial charge on any atom is -0.344 e. The molecule has 2 atom stereocenters. The molecule has 4 heteroatoms. The predicted molar refractivity (Wildman–Crippen MR) is 69.7 cm³/mol. The van der Waals surface area contributed by atoms with Crippen LogP contribution in [0, 0.1) is 5.41 Å². The summed E-state index contributed by atoms with van der Waals surface area (Å²) in [4.78, 5) is 18.1. The maximum atomic E-state index is 12.4. The van der Waals surface area contributed by atoms with E-state index in [1.165, 1.54) is 5.06 Å². The standard InChI is InChI=1S/C15H17NO3/c1-15(2)12-8-9-13(19-12)16(14(15)17)18-10-11-6-4-3-5-7-11/h3-9,12-13H,10H2,1-2H3. The summed E-state index contributed by atoms with van der Waals surface area (Å²) in [5.74, 6) is -0.0327. The van der Waals surface area contributed by atoms with Gasteiger partial charge in [-0.05, 0) is 25.5 Å². The molecule has 2 aliphatic rings. The first kappa shape index (κ1) is 12.4. The number of amides is 1. The van der Waals surface area contributed by atoms with E-state index in [4.69, 9.17) is 9.57 Å². The minimum absolute atomic E-state index is 0.0327. The number of fused-ring (bicyclic) bond motifs is 2. The SMILES string of the molecule is CC1(C)C(=O)N(OCc2ccccc2)C2C=CC1O2. The van der Waals surface area contributed by atoms with Gasteiger partial charge in [0.15, 0.2) is 6.23 Å². The van der Waals surface area contributed by atoms with Crippen LogP contribution in [-0.2, 0) is 21.0 Å². The highest BCUT2D eigenvalue weighted by Crippen LogP contribution is 2.38. The molecule has 1 fully saturated rings. The van der Waals surface area contributed by atoms with E-state index in [2.05, 4.69) is 0 Å². The Bertz CT molecular complexity index is 509.